The third-order valence-corrected chi connectivity index (χ3v) is 6.07. The number of aliphatic hydroxyl groups is 2. The van der Waals surface area contributed by atoms with Crippen LogP contribution in [0.25, 0.3) is 11.2 Å². The van der Waals surface area contributed by atoms with Crippen LogP contribution in [0.4, 0.5) is 10.2 Å². The van der Waals surface area contributed by atoms with Crippen molar-refractivity contribution in [2.45, 2.75) is 37.5 Å². The Hall–Kier alpha value is -2.67. The lowest BCUT2D eigenvalue weighted by molar-refractivity contribution is 0.0396. The molecule has 1 fully saturated rings. The smallest absolute Gasteiger partial charge is 0.208 e. The monoisotopic (exact) mass is 413 g/mol. The highest BCUT2D eigenvalue weighted by Crippen LogP contribution is 2.30. The minimum absolute atomic E-state index is 0.151. The molecule has 0 amide bonds. The summed E-state index contributed by atoms with van der Waals surface area (Å²) in [7, 11) is 0. The average molecular weight is 413 g/mol. The zero-order valence-electron chi connectivity index (χ0n) is 15.7. The molecule has 150 valence electrons. The van der Waals surface area contributed by atoms with Gasteiger partial charge >= 0.3 is 0 Å². The summed E-state index contributed by atoms with van der Waals surface area (Å²) < 4.78 is 15.3. The molecule has 3 heterocycles. The van der Waals surface area contributed by atoms with Gasteiger partial charge in [0, 0.05) is 18.8 Å². The first-order valence-corrected chi connectivity index (χ1v) is 10.2. The van der Waals surface area contributed by atoms with Crippen LogP contribution in [0.5, 0.6) is 0 Å². The molecule has 3 atom stereocenters. The normalized spacial score (nSPS) is 21.2. The van der Waals surface area contributed by atoms with Gasteiger partial charge < -0.3 is 20.1 Å². The molecule has 9 heteroatoms. The van der Waals surface area contributed by atoms with Crippen molar-refractivity contribution in [3.8, 4) is 11.8 Å². The highest BCUT2D eigenvalue weighted by molar-refractivity contribution is 8.00. The average Bonchev–Trinajstić information content (AvgIpc) is 3.25. The molecule has 29 heavy (non-hydrogen) atoms. The van der Waals surface area contributed by atoms with Gasteiger partial charge in [0.15, 0.2) is 17.0 Å². The zero-order valence-corrected chi connectivity index (χ0v) is 16.5. The van der Waals surface area contributed by atoms with Gasteiger partial charge in [0.2, 0.25) is 5.82 Å². The number of nitrogens with zero attached hydrogens (tertiary/aromatic N) is 4. The van der Waals surface area contributed by atoms with Crippen LogP contribution in [-0.2, 0) is 13.1 Å². The molecule has 4 rings (SSSR count). The summed E-state index contributed by atoms with van der Waals surface area (Å²) in [5.74, 6) is 6.72. The number of benzene rings is 1. The van der Waals surface area contributed by atoms with Crippen LogP contribution in [0.2, 0.25) is 0 Å². The summed E-state index contributed by atoms with van der Waals surface area (Å²) in [5, 5.41) is 23.0. The van der Waals surface area contributed by atoms with Crippen molar-refractivity contribution in [1.29, 1.82) is 0 Å². The number of nitrogens with one attached hydrogen (secondary N) is 1. The van der Waals surface area contributed by atoms with Crippen molar-refractivity contribution in [1.82, 2.24) is 19.5 Å². The van der Waals surface area contributed by atoms with E-state index in [-0.39, 0.29) is 11.1 Å². The highest BCUT2D eigenvalue weighted by atomic mass is 32.2. The van der Waals surface area contributed by atoms with E-state index in [1.54, 1.807) is 19.3 Å². The van der Waals surface area contributed by atoms with E-state index in [2.05, 4.69) is 32.1 Å². The predicted molar refractivity (Wildman–Crippen MR) is 110 cm³/mol. The predicted octanol–water partition coefficient (Wildman–Crippen LogP) is 1.79. The van der Waals surface area contributed by atoms with E-state index < -0.39 is 12.2 Å². The molecular formula is C20H20FN5O2S. The lowest BCUT2D eigenvalue weighted by Gasteiger charge is -2.16. The lowest BCUT2D eigenvalue weighted by atomic mass is 10.1. The molecule has 0 bridgehead atoms. The van der Waals surface area contributed by atoms with Crippen molar-refractivity contribution < 1.29 is 14.6 Å². The third kappa shape index (κ3) is 4.19. The van der Waals surface area contributed by atoms with Crippen molar-refractivity contribution in [3.05, 3.63) is 47.8 Å². The van der Waals surface area contributed by atoms with Gasteiger partial charge in [0.1, 0.15) is 5.82 Å². The molecule has 3 unspecified atom stereocenters. The van der Waals surface area contributed by atoms with Crippen LogP contribution in [-0.4, -0.2) is 52.9 Å². The minimum Gasteiger partial charge on any atom is -0.390 e. The van der Waals surface area contributed by atoms with Crippen molar-refractivity contribution >= 4 is 28.7 Å². The number of rotatable bonds is 5. The van der Waals surface area contributed by atoms with Crippen LogP contribution >= 0.6 is 11.8 Å². The van der Waals surface area contributed by atoms with E-state index in [1.165, 1.54) is 23.9 Å². The Labute approximate surface area is 171 Å². The molecule has 3 N–H and O–H groups in total. The Bertz CT molecular complexity index is 1090. The quantitative estimate of drug-likeness (QED) is 0.549. The second-order valence-corrected chi connectivity index (χ2v) is 8.03. The second-order valence-electron chi connectivity index (χ2n) is 6.75. The molecule has 2 aromatic heterocycles. The molecule has 7 nitrogen and oxygen atoms in total. The van der Waals surface area contributed by atoms with E-state index in [9.17, 15) is 14.6 Å². The van der Waals surface area contributed by atoms with E-state index >= 15 is 0 Å². The first-order chi connectivity index (χ1) is 14.0. The van der Waals surface area contributed by atoms with E-state index in [0.717, 1.165) is 5.56 Å². The number of aromatic nitrogens is 4. The SMILES string of the molecule is CC#Cc1nc(NCc2cccc(F)c2)c2ncn(CC3SCC(O)C3O)c2n1. The molecule has 1 aliphatic heterocycles. The van der Waals surface area contributed by atoms with E-state index in [0.29, 0.717) is 41.6 Å². The Balaban J connectivity index is 1.65. The Kier molecular flexibility index (Phi) is 5.67. The molecule has 0 radical (unpaired) electrons. The molecule has 1 aromatic carbocycles. The van der Waals surface area contributed by atoms with Gasteiger partial charge in [-0.1, -0.05) is 18.1 Å². The van der Waals surface area contributed by atoms with Crippen LogP contribution in [0, 0.1) is 17.7 Å². The van der Waals surface area contributed by atoms with Crippen molar-refractivity contribution in [3.63, 3.8) is 0 Å². The van der Waals surface area contributed by atoms with Crippen LogP contribution < -0.4 is 5.32 Å². The number of hydrogen-bond acceptors (Lipinski definition) is 7. The first kappa shape index (κ1) is 19.6. The molecule has 0 saturated carbocycles. The summed E-state index contributed by atoms with van der Waals surface area (Å²) in [4.78, 5) is 13.4. The molecular weight excluding hydrogens is 393 g/mol. The minimum atomic E-state index is -0.792. The highest BCUT2D eigenvalue weighted by Gasteiger charge is 2.34. The lowest BCUT2D eigenvalue weighted by Crippen LogP contribution is -2.31. The van der Waals surface area contributed by atoms with Crippen LogP contribution in [0.15, 0.2) is 30.6 Å². The standard InChI is InChI=1S/C20H20FN5O2S/c1-2-4-16-24-19(22-8-12-5-3-6-13(21)7-12)17-20(25-16)26(11-23-17)9-15-18(28)14(27)10-29-15/h3,5-7,11,14-15,18,27-28H,8-10H2,1H3,(H,22,24,25). The topological polar surface area (TPSA) is 96.1 Å². The van der Waals surface area contributed by atoms with Gasteiger partial charge in [-0.3, -0.25) is 0 Å². The maximum absolute atomic E-state index is 13.4. The first-order valence-electron chi connectivity index (χ1n) is 9.17. The Morgan fingerprint density at radius 1 is 1.34 bits per heavy atom. The van der Waals surface area contributed by atoms with Gasteiger partial charge in [0.05, 0.1) is 23.8 Å². The summed E-state index contributed by atoms with van der Waals surface area (Å²) in [5.41, 5.74) is 1.94. The number of imidazole rings is 1. The summed E-state index contributed by atoms with van der Waals surface area (Å²) in [6.07, 6.45) is 0.132. The summed E-state index contributed by atoms with van der Waals surface area (Å²) >= 11 is 1.52. The number of anilines is 1. The molecule has 3 aromatic rings. The Morgan fingerprint density at radius 3 is 2.93 bits per heavy atom. The van der Waals surface area contributed by atoms with Gasteiger partial charge in [-0.15, -0.1) is 0 Å². The number of thioether (sulfide) groups is 1. The van der Waals surface area contributed by atoms with Gasteiger partial charge in [-0.25, -0.2) is 19.3 Å². The number of hydrogen-bond donors (Lipinski definition) is 3. The van der Waals surface area contributed by atoms with Gasteiger partial charge in [-0.2, -0.15) is 11.8 Å². The van der Waals surface area contributed by atoms with Crippen molar-refractivity contribution in [2.75, 3.05) is 11.1 Å². The number of halogens is 1. The maximum atomic E-state index is 13.4. The fraction of sp³-hybridized carbons (Fsp3) is 0.350. The maximum Gasteiger partial charge on any atom is 0.208 e. The summed E-state index contributed by atoms with van der Waals surface area (Å²) in [6.45, 7) is 2.54. The third-order valence-electron chi connectivity index (χ3n) is 4.68. The second kappa shape index (κ2) is 8.37. The Morgan fingerprint density at radius 2 is 2.21 bits per heavy atom. The molecule has 1 saturated heterocycles. The summed E-state index contributed by atoms with van der Waals surface area (Å²) in [6, 6.07) is 6.34. The van der Waals surface area contributed by atoms with E-state index in [1.807, 2.05) is 10.6 Å². The number of fused-ring (bicyclic) bond motifs is 1. The zero-order chi connectivity index (χ0) is 20.4. The largest absolute Gasteiger partial charge is 0.390 e. The fourth-order valence-corrected chi connectivity index (χ4v) is 4.51. The fourth-order valence-electron chi connectivity index (χ4n) is 3.22. The van der Waals surface area contributed by atoms with E-state index in [4.69, 9.17) is 0 Å². The van der Waals surface area contributed by atoms with Gasteiger partial charge in [-0.05, 0) is 30.5 Å². The number of aliphatic hydroxyl groups excluding tert-OH is 2. The van der Waals surface area contributed by atoms with Crippen molar-refractivity contribution in [2.24, 2.45) is 0 Å². The molecule has 0 aliphatic carbocycles. The van der Waals surface area contributed by atoms with Gasteiger partial charge in [0.25, 0.3) is 0 Å². The molecule has 0 spiro atoms. The van der Waals surface area contributed by atoms with Crippen LogP contribution in [0.1, 0.15) is 18.3 Å². The molecule has 1 aliphatic rings. The van der Waals surface area contributed by atoms with Crippen LogP contribution in [0.3, 0.4) is 0 Å².